The Bertz CT molecular complexity index is 915. The number of carbonyl (C=O) groups excluding carboxylic acids is 1. The standard InChI is InChI=1S/C18H20N2O4S2/c1-3-25-17-11-7-4-8-13(17)19-18(21)16-12-20(26(2,22)23)14-9-5-6-10-15(14)24-16/h4-11,16H,3,12H2,1-2H3,(H,19,21). The van der Waals surface area contributed by atoms with Crippen LogP contribution in [0.4, 0.5) is 11.4 Å². The fourth-order valence-corrected chi connectivity index (χ4v) is 4.39. The first-order valence-electron chi connectivity index (χ1n) is 8.16. The molecule has 3 rings (SSSR count). The summed E-state index contributed by atoms with van der Waals surface area (Å²) in [5, 5.41) is 2.86. The lowest BCUT2D eigenvalue weighted by Gasteiger charge is -2.33. The van der Waals surface area contributed by atoms with Gasteiger partial charge >= 0.3 is 0 Å². The van der Waals surface area contributed by atoms with Gasteiger partial charge in [0.2, 0.25) is 10.0 Å². The van der Waals surface area contributed by atoms with Gasteiger partial charge in [-0.3, -0.25) is 9.10 Å². The van der Waals surface area contributed by atoms with E-state index in [0.717, 1.165) is 16.9 Å². The molecule has 0 saturated heterocycles. The number of anilines is 2. The lowest BCUT2D eigenvalue weighted by Crippen LogP contribution is -2.48. The summed E-state index contributed by atoms with van der Waals surface area (Å²) in [7, 11) is -3.53. The Morgan fingerprint density at radius 1 is 1.23 bits per heavy atom. The molecule has 1 atom stereocenters. The molecule has 1 aliphatic heterocycles. The van der Waals surface area contributed by atoms with Crippen LogP contribution in [0.1, 0.15) is 6.92 Å². The zero-order chi connectivity index (χ0) is 18.7. The molecule has 6 nitrogen and oxygen atoms in total. The number of benzene rings is 2. The van der Waals surface area contributed by atoms with Crippen molar-refractivity contribution >= 4 is 39.1 Å². The number of hydrogen-bond acceptors (Lipinski definition) is 5. The van der Waals surface area contributed by atoms with Crippen LogP contribution in [0.25, 0.3) is 0 Å². The first-order chi connectivity index (χ1) is 12.4. The van der Waals surface area contributed by atoms with Gasteiger partial charge in [0.1, 0.15) is 5.75 Å². The SMILES string of the molecule is CCSc1ccccc1NC(=O)C1CN(S(C)(=O)=O)c2ccccc2O1. The second-order valence-electron chi connectivity index (χ2n) is 5.79. The molecule has 0 aliphatic carbocycles. The van der Waals surface area contributed by atoms with Gasteiger partial charge in [-0.15, -0.1) is 11.8 Å². The fourth-order valence-electron chi connectivity index (χ4n) is 2.72. The van der Waals surface area contributed by atoms with Gasteiger partial charge in [0.15, 0.2) is 6.10 Å². The molecule has 138 valence electrons. The van der Waals surface area contributed by atoms with Crippen molar-refractivity contribution in [3.63, 3.8) is 0 Å². The van der Waals surface area contributed by atoms with Crippen LogP contribution in [-0.2, 0) is 14.8 Å². The Labute approximate surface area is 157 Å². The van der Waals surface area contributed by atoms with Crippen LogP contribution in [0, 0.1) is 0 Å². The second kappa shape index (κ2) is 7.59. The maximum atomic E-state index is 12.7. The van der Waals surface area contributed by atoms with Gasteiger partial charge in [-0.2, -0.15) is 0 Å². The monoisotopic (exact) mass is 392 g/mol. The summed E-state index contributed by atoms with van der Waals surface area (Å²) in [6.07, 6.45) is 0.191. The van der Waals surface area contributed by atoms with E-state index < -0.39 is 16.1 Å². The molecule has 8 heteroatoms. The van der Waals surface area contributed by atoms with E-state index in [9.17, 15) is 13.2 Å². The summed E-state index contributed by atoms with van der Waals surface area (Å²) in [5.41, 5.74) is 1.14. The number of rotatable bonds is 5. The molecule has 1 unspecified atom stereocenters. The Morgan fingerprint density at radius 3 is 2.65 bits per heavy atom. The smallest absolute Gasteiger partial charge is 0.267 e. The van der Waals surface area contributed by atoms with E-state index in [1.165, 1.54) is 4.31 Å². The van der Waals surface area contributed by atoms with Crippen molar-refractivity contribution < 1.29 is 17.9 Å². The summed E-state index contributed by atoms with van der Waals surface area (Å²) in [6.45, 7) is 1.97. The maximum absolute atomic E-state index is 12.7. The zero-order valence-corrected chi connectivity index (χ0v) is 16.1. The van der Waals surface area contributed by atoms with Crippen LogP contribution in [0.5, 0.6) is 5.75 Å². The predicted octanol–water partition coefficient (Wildman–Crippen LogP) is 2.96. The van der Waals surface area contributed by atoms with Gasteiger partial charge in [-0.05, 0) is 30.0 Å². The van der Waals surface area contributed by atoms with Crippen molar-refractivity contribution in [2.24, 2.45) is 0 Å². The van der Waals surface area contributed by atoms with E-state index in [2.05, 4.69) is 5.32 Å². The molecule has 1 aliphatic rings. The minimum absolute atomic E-state index is 0.0647. The van der Waals surface area contributed by atoms with E-state index in [4.69, 9.17) is 4.74 Å². The number of thioether (sulfide) groups is 1. The number of sulfonamides is 1. The van der Waals surface area contributed by atoms with Crippen molar-refractivity contribution in [2.45, 2.75) is 17.9 Å². The minimum atomic E-state index is -3.53. The highest BCUT2D eigenvalue weighted by atomic mass is 32.2. The summed E-state index contributed by atoms with van der Waals surface area (Å²) >= 11 is 1.62. The molecule has 0 spiro atoms. The number of nitrogens with zero attached hydrogens (tertiary/aromatic N) is 1. The second-order valence-corrected chi connectivity index (χ2v) is 9.00. The van der Waals surface area contributed by atoms with Gasteiger partial charge in [0.05, 0.1) is 24.2 Å². The maximum Gasteiger partial charge on any atom is 0.267 e. The van der Waals surface area contributed by atoms with Crippen molar-refractivity contribution in [3.8, 4) is 5.75 Å². The summed E-state index contributed by atoms with van der Waals surface area (Å²) in [6, 6.07) is 14.3. The van der Waals surface area contributed by atoms with Gasteiger partial charge < -0.3 is 10.1 Å². The molecule has 1 N–H and O–H groups in total. The predicted molar refractivity (Wildman–Crippen MR) is 105 cm³/mol. The molecule has 2 aromatic rings. The third-order valence-corrected chi connectivity index (χ3v) is 5.97. The first-order valence-corrected chi connectivity index (χ1v) is 11.0. The minimum Gasteiger partial charge on any atom is -0.476 e. The number of hydrogen-bond donors (Lipinski definition) is 1. The molecule has 1 heterocycles. The number of para-hydroxylation sites is 3. The van der Waals surface area contributed by atoms with E-state index in [0.29, 0.717) is 17.1 Å². The Hall–Kier alpha value is -2.19. The van der Waals surface area contributed by atoms with Crippen LogP contribution in [0.3, 0.4) is 0 Å². The number of amides is 1. The molecular formula is C18H20N2O4S2. The van der Waals surface area contributed by atoms with E-state index in [1.54, 1.807) is 36.0 Å². The average molecular weight is 393 g/mol. The summed E-state index contributed by atoms with van der Waals surface area (Å²) < 4.78 is 31.3. The molecule has 1 amide bonds. The fraction of sp³-hybridized carbons (Fsp3) is 0.278. The topological polar surface area (TPSA) is 75.7 Å². The Morgan fingerprint density at radius 2 is 1.92 bits per heavy atom. The van der Waals surface area contributed by atoms with Gasteiger partial charge in [0, 0.05) is 4.90 Å². The summed E-state index contributed by atoms with van der Waals surface area (Å²) in [5.74, 6) is 0.875. The Kier molecular flexibility index (Phi) is 5.43. The van der Waals surface area contributed by atoms with Crippen LogP contribution in [0.15, 0.2) is 53.4 Å². The molecule has 0 fully saturated rings. The third kappa shape index (κ3) is 3.96. The van der Waals surface area contributed by atoms with Gasteiger partial charge in [-0.1, -0.05) is 31.2 Å². The molecule has 0 bridgehead atoms. The molecule has 26 heavy (non-hydrogen) atoms. The highest BCUT2D eigenvalue weighted by Gasteiger charge is 2.35. The quantitative estimate of drug-likeness (QED) is 0.792. The van der Waals surface area contributed by atoms with E-state index in [1.807, 2.05) is 31.2 Å². The Balaban J connectivity index is 1.85. The van der Waals surface area contributed by atoms with Crippen LogP contribution < -0.4 is 14.4 Å². The lowest BCUT2D eigenvalue weighted by atomic mass is 10.2. The van der Waals surface area contributed by atoms with E-state index in [-0.39, 0.29) is 12.5 Å². The summed E-state index contributed by atoms with van der Waals surface area (Å²) in [4.78, 5) is 13.7. The number of fused-ring (bicyclic) bond motifs is 1. The molecule has 0 aromatic heterocycles. The number of carbonyl (C=O) groups is 1. The normalized spacial score (nSPS) is 16.5. The zero-order valence-electron chi connectivity index (χ0n) is 14.5. The third-order valence-electron chi connectivity index (χ3n) is 3.87. The van der Waals surface area contributed by atoms with Crippen LogP contribution >= 0.6 is 11.8 Å². The number of nitrogens with one attached hydrogen (secondary N) is 1. The van der Waals surface area contributed by atoms with Crippen LogP contribution in [0.2, 0.25) is 0 Å². The van der Waals surface area contributed by atoms with Gasteiger partial charge in [-0.25, -0.2) is 8.42 Å². The molecular weight excluding hydrogens is 372 g/mol. The average Bonchev–Trinajstić information content (AvgIpc) is 2.61. The molecule has 0 saturated carbocycles. The lowest BCUT2D eigenvalue weighted by molar-refractivity contribution is -0.122. The number of ether oxygens (including phenoxy) is 1. The molecule has 0 radical (unpaired) electrons. The highest BCUT2D eigenvalue weighted by Crippen LogP contribution is 2.35. The van der Waals surface area contributed by atoms with E-state index >= 15 is 0 Å². The van der Waals surface area contributed by atoms with Gasteiger partial charge in [0.25, 0.3) is 5.91 Å². The van der Waals surface area contributed by atoms with Crippen molar-refractivity contribution in [1.82, 2.24) is 0 Å². The van der Waals surface area contributed by atoms with Crippen molar-refractivity contribution in [2.75, 3.05) is 28.2 Å². The van der Waals surface area contributed by atoms with Crippen molar-refractivity contribution in [1.29, 1.82) is 0 Å². The largest absolute Gasteiger partial charge is 0.476 e. The van der Waals surface area contributed by atoms with Crippen LogP contribution in [-0.4, -0.2) is 39.0 Å². The van der Waals surface area contributed by atoms with Crippen molar-refractivity contribution in [3.05, 3.63) is 48.5 Å². The molecule has 2 aromatic carbocycles. The first kappa shape index (κ1) is 18.6. The highest BCUT2D eigenvalue weighted by molar-refractivity contribution is 7.99.